The Morgan fingerprint density at radius 1 is 1.33 bits per heavy atom. The number of aromatic nitrogens is 4. The fraction of sp³-hybridized carbons (Fsp3) is 0.529. The zero-order valence-electron chi connectivity index (χ0n) is 14.5. The van der Waals surface area contributed by atoms with Crippen molar-refractivity contribution in [3.63, 3.8) is 0 Å². The number of nitrogens with one attached hydrogen (secondary N) is 1. The SMILES string of the molecule is CCNC(=O)C1CCN(c2nccc(-n3nc(C)cc3C)n2)CC1. The fourth-order valence-electron chi connectivity index (χ4n) is 3.13. The minimum absolute atomic E-state index is 0.0976. The maximum atomic E-state index is 11.9. The van der Waals surface area contributed by atoms with Crippen molar-refractivity contribution in [2.45, 2.75) is 33.6 Å². The second kappa shape index (κ2) is 6.98. The van der Waals surface area contributed by atoms with Crippen LogP contribution >= 0.6 is 0 Å². The van der Waals surface area contributed by atoms with Gasteiger partial charge in [0.25, 0.3) is 0 Å². The van der Waals surface area contributed by atoms with Crippen molar-refractivity contribution in [1.82, 2.24) is 25.1 Å². The number of hydrogen-bond donors (Lipinski definition) is 1. The Morgan fingerprint density at radius 3 is 2.71 bits per heavy atom. The van der Waals surface area contributed by atoms with Crippen LogP contribution < -0.4 is 10.2 Å². The average molecular weight is 328 g/mol. The number of nitrogens with zero attached hydrogens (tertiary/aromatic N) is 5. The molecule has 3 rings (SSSR count). The molecule has 0 atom stereocenters. The zero-order valence-corrected chi connectivity index (χ0v) is 14.5. The van der Waals surface area contributed by atoms with Crippen LogP contribution in [0.2, 0.25) is 0 Å². The molecular formula is C17H24N6O. The van der Waals surface area contributed by atoms with E-state index in [1.165, 1.54) is 0 Å². The summed E-state index contributed by atoms with van der Waals surface area (Å²) in [5, 5.41) is 7.39. The summed E-state index contributed by atoms with van der Waals surface area (Å²) < 4.78 is 1.84. The average Bonchev–Trinajstić information content (AvgIpc) is 2.94. The van der Waals surface area contributed by atoms with Crippen LogP contribution in [0.25, 0.3) is 5.82 Å². The number of hydrogen-bond acceptors (Lipinski definition) is 5. The molecule has 0 saturated carbocycles. The van der Waals surface area contributed by atoms with Crippen molar-refractivity contribution in [2.24, 2.45) is 5.92 Å². The van der Waals surface area contributed by atoms with Gasteiger partial charge in [-0.3, -0.25) is 4.79 Å². The van der Waals surface area contributed by atoms with Crippen molar-refractivity contribution >= 4 is 11.9 Å². The second-order valence-electron chi connectivity index (χ2n) is 6.21. The van der Waals surface area contributed by atoms with Crippen LogP contribution in [0.4, 0.5) is 5.95 Å². The molecule has 1 aliphatic heterocycles. The molecular weight excluding hydrogens is 304 g/mol. The molecule has 1 aliphatic rings. The predicted octanol–water partition coefficient (Wildman–Crippen LogP) is 1.63. The van der Waals surface area contributed by atoms with Gasteiger partial charge in [-0.2, -0.15) is 10.1 Å². The highest BCUT2D eigenvalue weighted by molar-refractivity contribution is 5.78. The number of amides is 1. The molecule has 3 heterocycles. The van der Waals surface area contributed by atoms with E-state index >= 15 is 0 Å². The van der Waals surface area contributed by atoms with Gasteiger partial charge < -0.3 is 10.2 Å². The summed E-state index contributed by atoms with van der Waals surface area (Å²) >= 11 is 0. The van der Waals surface area contributed by atoms with Crippen LogP contribution in [-0.2, 0) is 4.79 Å². The lowest BCUT2D eigenvalue weighted by molar-refractivity contribution is -0.125. The first kappa shape index (κ1) is 16.4. The van der Waals surface area contributed by atoms with Crippen LogP contribution in [0.3, 0.4) is 0 Å². The van der Waals surface area contributed by atoms with Gasteiger partial charge in [-0.25, -0.2) is 9.67 Å². The van der Waals surface area contributed by atoms with Gasteiger partial charge in [-0.1, -0.05) is 0 Å². The molecule has 2 aromatic rings. The second-order valence-corrected chi connectivity index (χ2v) is 6.21. The third-order valence-corrected chi connectivity index (χ3v) is 4.35. The summed E-state index contributed by atoms with van der Waals surface area (Å²) in [6.45, 7) is 8.21. The zero-order chi connectivity index (χ0) is 17.1. The maximum absolute atomic E-state index is 11.9. The highest BCUT2D eigenvalue weighted by Gasteiger charge is 2.25. The number of carbonyl (C=O) groups excluding carboxylic acids is 1. The third kappa shape index (κ3) is 3.39. The van der Waals surface area contributed by atoms with E-state index in [9.17, 15) is 4.79 Å². The van der Waals surface area contributed by atoms with Crippen LogP contribution in [0.5, 0.6) is 0 Å². The Hall–Kier alpha value is -2.44. The van der Waals surface area contributed by atoms with Crippen LogP contribution in [0, 0.1) is 19.8 Å². The number of aryl methyl sites for hydroxylation is 2. The molecule has 1 saturated heterocycles. The highest BCUT2D eigenvalue weighted by atomic mass is 16.1. The first-order valence-corrected chi connectivity index (χ1v) is 8.48. The number of carbonyl (C=O) groups is 1. The van der Waals surface area contributed by atoms with Gasteiger partial charge in [0.2, 0.25) is 11.9 Å². The van der Waals surface area contributed by atoms with Gasteiger partial charge in [-0.15, -0.1) is 0 Å². The fourth-order valence-corrected chi connectivity index (χ4v) is 3.13. The number of rotatable bonds is 4. The van der Waals surface area contributed by atoms with Gasteiger partial charge in [0, 0.05) is 43.5 Å². The lowest BCUT2D eigenvalue weighted by Crippen LogP contribution is -2.41. The minimum atomic E-state index is 0.0976. The van der Waals surface area contributed by atoms with Crippen molar-refractivity contribution in [3.8, 4) is 5.82 Å². The van der Waals surface area contributed by atoms with E-state index in [1.807, 2.05) is 37.6 Å². The largest absolute Gasteiger partial charge is 0.356 e. The number of anilines is 1. The van der Waals surface area contributed by atoms with Crippen LogP contribution in [0.15, 0.2) is 18.3 Å². The molecule has 0 spiro atoms. The lowest BCUT2D eigenvalue weighted by Gasteiger charge is -2.31. The van der Waals surface area contributed by atoms with Crippen LogP contribution in [0.1, 0.15) is 31.2 Å². The van der Waals surface area contributed by atoms with E-state index in [-0.39, 0.29) is 11.8 Å². The Balaban J connectivity index is 1.72. The molecule has 2 aromatic heterocycles. The summed E-state index contributed by atoms with van der Waals surface area (Å²) in [4.78, 5) is 23.2. The molecule has 7 heteroatoms. The maximum Gasteiger partial charge on any atom is 0.227 e. The molecule has 128 valence electrons. The normalized spacial score (nSPS) is 15.5. The molecule has 0 unspecified atom stereocenters. The van der Waals surface area contributed by atoms with Crippen molar-refractivity contribution in [2.75, 3.05) is 24.5 Å². The first-order valence-electron chi connectivity index (χ1n) is 8.48. The van der Waals surface area contributed by atoms with E-state index in [4.69, 9.17) is 0 Å². The summed E-state index contributed by atoms with van der Waals surface area (Å²) in [5.41, 5.74) is 2.02. The Labute approximate surface area is 142 Å². The molecule has 0 aliphatic carbocycles. The molecule has 0 bridgehead atoms. The molecule has 1 amide bonds. The Kier molecular flexibility index (Phi) is 4.78. The molecule has 1 N–H and O–H groups in total. The molecule has 1 fully saturated rings. The van der Waals surface area contributed by atoms with E-state index in [1.54, 1.807) is 6.20 Å². The van der Waals surface area contributed by atoms with E-state index in [2.05, 4.69) is 25.3 Å². The quantitative estimate of drug-likeness (QED) is 0.923. The van der Waals surface area contributed by atoms with Gasteiger partial charge in [0.05, 0.1) is 5.69 Å². The van der Waals surface area contributed by atoms with Gasteiger partial charge >= 0.3 is 0 Å². The monoisotopic (exact) mass is 328 g/mol. The Bertz CT molecular complexity index is 718. The third-order valence-electron chi connectivity index (χ3n) is 4.35. The van der Waals surface area contributed by atoms with E-state index in [0.29, 0.717) is 12.5 Å². The summed E-state index contributed by atoms with van der Waals surface area (Å²) in [7, 11) is 0. The van der Waals surface area contributed by atoms with Gasteiger partial charge in [0.15, 0.2) is 5.82 Å². The standard InChI is InChI=1S/C17H24N6O/c1-4-18-16(24)14-6-9-22(10-7-14)17-19-8-5-15(20-17)23-13(3)11-12(2)21-23/h5,8,11,14H,4,6-7,9-10H2,1-3H3,(H,18,24). The topological polar surface area (TPSA) is 75.9 Å². The highest BCUT2D eigenvalue weighted by Crippen LogP contribution is 2.21. The summed E-state index contributed by atoms with van der Waals surface area (Å²) in [5.74, 6) is 1.74. The molecule has 24 heavy (non-hydrogen) atoms. The molecule has 0 radical (unpaired) electrons. The minimum Gasteiger partial charge on any atom is -0.356 e. The lowest BCUT2D eigenvalue weighted by atomic mass is 9.96. The smallest absolute Gasteiger partial charge is 0.227 e. The first-order chi connectivity index (χ1) is 11.6. The molecule has 7 nitrogen and oxygen atoms in total. The van der Waals surface area contributed by atoms with Gasteiger partial charge in [-0.05, 0) is 39.7 Å². The van der Waals surface area contributed by atoms with Crippen LogP contribution in [-0.4, -0.2) is 45.3 Å². The van der Waals surface area contributed by atoms with Crippen molar-refractivity contribution in [1.29, 1.82) is 0 Å². The Morgan fingerprint density at radius 2 is 2.08 bits per heavy atom. The summed E-state index contributed by atoms with van der Waals surface area (Å²) in [6, 6.07) is 3.89. The molecule has 0 aromatic carbocycles. The van der Waals surface area contributed by atoms with Crippen molar-refractivity contribution in [3.05, 3.63) is 29.7 Å². The van der Waals surface area contributed by atoms with Crippen molar-refractivity contribution < 1.29 is 4.79 Å². The predicted molar refractivity (Wildman–Crippen MR) is 92.2 cm³/mol. The summed E-state index contributed by atoms with van der Waals surface area (Å²) in [6.07, 6.45) is 3.43. The number of piperidine rings is 1. The van der Waals surface area contributed by atoms with E-state index in [0.717, 1.165) is 43.1 Å². The van der Waals surface area contributed by atoms with Gasteiger partial charge in [0.1, 0.15) is 0 Å². The van der Waals surface area contributed by atoms with E-state index < -0.39 is 0 Å².